The average Bonchev–Trinajstić information content (AvgIpc) is 2.41. The molecular weight excluding hydrogens is 263 g/mol. The van der Waals surface area contributed by atoms with Crippen molar-refractivity contribution < 1.29 is 4.39 Å². The SMILES string of the molecule is CNC(Cc1cc(Cl)ccc1F)c1ccc(C)nc1. The second-order valence-corrected chi connectivity index (χ2v) is 4.95. The number of rotatable bonds is 4. The fourth-order valence-corrected chi connectivity index (χ4v) is 2.19. The van der Waals surface area contributed by atoms with Crippen LogP contribution >= 0.6 is 11.6 Å². The van der Waals surface area contributed by atoms with Crippen LogP contribution in [0.4, 0.5) is 4.39 Å². The molecule has 19 heavy (non-hydrogen) atoms. The molecular formula is C15H16ClFN2. The van der Waals surface area contributed by atoms with E-state index in [2.05, 4.69) is 10.3 Å². The number of pyridine rings is 1. The molecule has 0 aliphatic heterocycles. The molecule has 0 saturated heterocycles. The Hall–Kier alpha value is -1.45. The van der Waals surface area contributed by atoms with E-state index in [1.165, 1.54) is 6.07 Å². The van der Waals surface area contributed by atoms with E-state index in [0.717, 1.165) is 11.3 Å². The lowest BCUT2D eigenvalue weighted by Gasteiger charge is -2.17. The number of aryl methyl sites for hydroxylation is 1. The third-order valence-corrected chi connectivity index (χ3v) is 3.35. The Kier molecular flexibility index (Phi) is 4.51. The number of aromatic nitrogens is 1. The van der Waals surface area contributed by atoms with Crippen LogP contribution in [0.5, 0.6) is 0 Å². The zero-order valence-electron chi connectivity index (χ0n) is 11.0. The maximum absolute atomic E-state index is 13.7. The molecule has 0 fully saturated rings. The zero-order valence-corrected chi connectivity index (χ0v) is 11.7. The van der Waals surface area contributed by atoms with Gasteiger partial charge in [0, 0.05) is 23.0 Å². The first-order valence-electron chi connectivity index (χ1n) is 6.14. The van der Waals surface area contributed by atoms with Gasteiger partial charge in [0.15, 0.2) is 0 Å². The van der Waals surface area contributed by atoms with Gasteiger partial charge in [-0.05, 0) is 55.8 Å². The molecule has 4 heteroatoms. The molecule has 1 N–H and O–H groups in total. The smallest absolute Gasteiger partial charge is 0.126 e. The monoisotopic (exact) mass is 278 g/mol. The second kappa shape index (κ2) is 6.13. The Labute approximate surface area is 117 Å². The van der Waals surface area contributed by atoms with Crippen LogP contribution in [0.2, 0.25) is 5.02 Å². The van der Waals surface area contributed by atoms with Crippen molar-refractivity contribution in [3.8, 4) is 0 Å². The number of hydrogen-bond donors (Lipinski definition) is 1. The number of benzene rings is 1. The van der Waals surface area contributed by atoms with Gasteiger partial charge in [0.25, 0.3) is 0 Å². The molecule has 1 aromatic carbocycles. The van der Waals surface area contributed by atoms with Gasteiger partial charge < -0.3 is 5.32 Å². The van der Waals surface area contributed by atoms with Crippen LogP contribution in [0.25, 0.3) is 0 Å². The van der Waals surface area contributed by atoms with Crippen molar-refractivity contribution in [3.05, 3.63) is 64.2 Å². The van der Waals surface area contributed by atoms with Gasteiger partial charge in [-0.1, -0.05) is 17.7 Å². The largest absolute Gasteiger partial charge is 0.313 e. The number of nitrogens with one attached hydrogen (secondary N) is 1. The van der Waals surface area contributed by atoms with Crippen LogP contribution < -0.4 is 5.32 Å². The molecule has 1 aromatic heterocycles. The number of likely N-dealkylation sites (N-methyl/N-ethyl adjacent to an activating group) is 1. The van der Waals surface area contributed by atoms with Crippen LogP contribution in [0.3, 0.4) is 0 Å². The molecule has 1 heterocycles. The Morgan fingerprint density at radius 2 is 2.11 bits per heavy atom. The topological polar surface area (TPSA) is 24.9 Å². The molecule has 100 valence electrons. The number of nitrogens with zero attached hydrogens (tertiary/aromatic N) is 1. The minimum Gasteiger partial charge on any atom is -0.313 e. The summed E-state index contributed by atoms with van der Waals surface area (Å²) >= 11 is 5.91. The summed E-state index contributed by atoms with van der Waals surface area (Å²) in [5, 5.41) is 3.73. The minimum atomic E-state index is -0.232. The van der Waals surface area contributed by atoms with Crippen molar-refractivity contribution in [2.45, 2.75) is 19.4 Å². The highest BCUT2D eigenvalue weighted by atomic mass is 35.5. The molecule has 1 unspecified atom stereocenters. The van der Waals surface area contributed by atoms with Gasteiger partial charge in [-0.3, -0.25) is 4.98 Å². The van der Waals surface area contributed by atoms with Gasteiger partial charge in [-0.2, -0.15) is 0 Å². The van der Waals surface area contributed by atoms with E-state index in [0.29, 0.717) is 17.0 Å². The average molecular weight is 279 g/mol. The molecule has 0 spiro atoms. The molecule has 2 aromatic rings. The van der Waals surface area contributed by atoms with E-state index < -0.39 is 0 Å². The molecule has 0 aliphatic rings. The summed E-state index contributed by atoms with van der Waals surface area (Å²) in [6.07, 6.45) is 2.35. The highest BCUT2D eigenvalue weighted by molar-refractivity contribution is 6.30. The summed E-state index contributed by atoms with van der Waals surface area (Å²) in [4.78, 5) is 4.27. The molecule has 0 bridgehead atoms. The van der Waals surface area contributed by atoms with Crippen LogP contribution in [0.15, 0.2) is 36.5 Å². The minimum absolute atomic E-state index is 0.0149. The predicted octanol–water partition coefficient (Wildman–Crippen LogP) is 3.69. The highest BCUT2D eigenvalue weighted by Crippen LogP contribution is 2.22. The Bertz CT molecular complexity index is 555. The van der Waals surface area contributed by atoms with Gasteiger partial charge in [0.2, 0.25) is 0 Å². The van der Waals surface area contributed by atoms with E-state index in [1.54, 1.807) is 12.1 Å². The Morgan fingerprint density at radius 3 is 2.74 bits per heavy atom. The van der Waals surface area contributed by atoms with Gasteiger partial charge in [-0.15, -0.1) is 0 Å². The summed E-state index contributed by atoms with van der Waals surface area (Å²) in [6.45, 7) is 1.94. The van der Waals surface area contributed by atoms with Gasteiger partial charge in [0.1, 0.15) is 5.82 Å². The van der Waals surface area contributed by atoms with E-state index in [4.69, 9.17) is 11.6 Å². The Balaban J connectivity index is 2.23. The first-order valence-corrected chi connectivity index (χ1v) is 6.51. The van der Waals surface area contributed by atoms with Crippen molar-refractivity contribution in [3.63, 3.8) is 0 Å². The third kappa shape index (κ3) is 3.52. The van der Waals surface area contributed by atoms with Crippen LogP contribution in [0, 0.1) is 12.7 Å². The van der Waals surface area contributed by atoms with Crippen molar-refractivity contribution in [2.24, 2.45) is 0 Å². The van der Waals surface area contributed by atoms with Crippen molar-refractivity contribution >= 4 is 11.6 Å². The number of halogens is 2. The third-order valence-electron chi connectivity index (χ3n) is 3.12. The van der Waals surface area contributed by atoms with Crippen molar-refractivity contribution in [1.29, 1.82) is 0 Å². The van der Waals surface area contributed by atoms with Gasteiger partial charge >= 0.3 is 0 Å². The quantitative estimate of drug-likeness (QED) is 0.923. The fraction of sp³-hybridized carbons (Fsp3) is 0.267. The maximum atomic E-state index is 13.7. The summed E-state index contributed by atoms with van der Waals surface area (Å²) in [7, 11) is 1.85. The molecule has 2 rings (SSSR count). The molecule has 1 atom stereocenters. The lowest BCUT2D eigenvalue weighted by Crippen LogP contribution is -2.19. The van der Waals surface area contributed by atoms with Gasteiger partial charge in [0.05, 0.1) is 0 Å². The van der Waals surface area contributed by atoms with Crippen molar-refractivity contribution in [2.75, 3.05) is 7.05 Å². The zero-order chi connectivity index (χ0) is 13.8. The van der Waals surface area contributed by atoms with E-state index >= 15 is 0 Å². The number of hydrogen-bond acceptors (Lipinski definition) is 2. The van der Waals surface area contributed by atoms with Gasteiger partial charge in [-0.25, -0.2) is 4.39 Å². The normalized spacial score (nSPS) is 12.4. The predicted molar refractivity (Wildman–Crippen MR) is 75.9 cm³/mol. The van der Waals surface area contributed by atoms with E-state index in [-0.39, 0.29) is 11.9 Å². The maximum Gasteiger partial charge on any atom is 0.126 e. The van der Waals surface area contributed by atoms with Crippen LogP contribution in [-0.4, -0.2) is 12.0 Å². The summed E-state index contributed by atoms with van der Waals surface area (Å²) in [5.41, 5.74) is 2.60. The lowest BCUT2D eigenvalue weighted by atomic mass is 10.00. The first kappa shape index (κ1) is 14.0. The van der Waals surface area contributed by atoms with Crippen LogP contribution in [0.1, 0.15) is 22.9 Å². The summed E-state index contributed by atoms with van der Waals surface area (Å²) in [5.74, 6) is -0.232. The molecule has 0 saturated carbocycles. The summed E-state index contributed by atoms with van der Waals surface area (Å²) in [6, 6.07) is 8.60. The van der Waals surface area contributed by atoms with Crippen LogP contribution in [-0.2, 0) is 6.42 Å². The highest BCUT2D eigenvalue weighted by Gasteiger charge is 2.13. The fourth-order valence-electron chi connectivity index (χ4n) is 1.99. The molecule has 0 amide bonds. The van der Waals surface area contributed by atoms with E-state index in [1.807, 2.05) is 32.3 Å². The molecule has 2 nitrogen and oxygen atoms in total. The summed E-state index contributed by atoms with van der Waals surface area (Å²) < 4.78 is 13.7. The van der Waals surface area contributed by atoms with Crippen molar-refractivity contribution in [1.82, 2.24) is 10.3 Å². The standard InChI is InChI=1S/C15H16ClFN2/c1-10-3-4-11(9-19-10)15(18-2)8-12-7-13(16)5-6-14(12)17/h3-7,9,15,18H,8H2,1-2H3. The molecule has 0 aliphatic carbocycles. The Morgan fingerprint density at radius 1 is 1.32 bits per heavy atom. The molecule has 0 radical (unpaired) electrons. The first-order chi connectivity index (χ1) is 9.10. The lowest BCUT2D eigenvalue weighted by molar-refractivity contribution is 0.553. The second-order valence-electron chi connectivity index (χ2n) is 4.51. The van der Waals surface area contributed by atoms with E-state index in [9.17, 15) is 4.39 Å².